The van der Waals surface area contributed by atoms with Crippen LogP contribution in [0.5, 0.6) is 0 Å². The van der Waals surface area contributed by atoms with Crippen LogP contribution in [0, 0.1) is 0 Å². The van der Waals surface area contributed by atoms with E-state index in [1.165, 1.54) is 31.9 Å². The van der Waals surface area contributed by atoms with Crippen LogP contribution < -0.4 is 5.73 Å². The molecular weight excluding hydrogens is 218 g/mol. The van der Waals surface area contributed by atoms with Gasteiger partial charge in [-0.05, 0) is 25.7 Å². The third-order valence-corrected chi connectivity index (χ3v) is 3.07. The van der Waals surface area contributed by atoms with Gasteiger partial charge in [0.25, 0.3) is 0 Å². The third kappa shape index (κ3) is 2.49. The van der Waals surface area contributed by atoms with Gasteiger partial charge in [0, 0.05) is 6.54 Å². The molecule has 0 bridgehead atoms. The normalized spacial score (nSPS) is 14.8. The summed E-state index contributed by atoms with van der Waals surface area (Å²) < 4.78 is 6.40. The summed E-state index contributed by atoms with van der Waals surface area (Å²) in [5, 5.41) is 0. The summed E-state index contributed by atoms with van der Waals surface area (Å²) in [6.45, 7) is 0.766. The number of ether oxygens (including phenoxy) is 1. The van der Waals surface area contributed by atoms with E-state index < -0.39 is 5.97 Å². The summed E-state index contributed by atoms with van der Waals surface area (Å²) >= 11 is 0. The summed E-state index contributed by atoms with van der Waals surface area (Å²) in [4.78, 5) is 15.3. The van der Waals surface area contributed by atoms with Crippen LogP contribution in [-0.2, 0) is 11.3 Å². The van der Waals surface area contributed by atoms with Gasteiger partial charge in [-0.15, -0.1) is 0 Å². The fraction of sp³-hybridized carbons (Fsp3) is 0.500. The number of nitrogen functional groups attached to an aromatic ring is 1. The number of rotatable bonds is 4. The highest BCUT2D eigenvalue weighted by atomic mass is 16.5. The monoisotopic (exact) mass is 235 g/mol. The SMILES string of the molecule is COC(=O)c1ncn(CCC2=CCCC2)c1N. The first-order valence-corrected chi connectivity index (χ1v) is 5.79. The molecule has 0 atom stereocenters. The number of hydrogen-bond acceptors (Lipinski definition) is 4. The number of aryl methyl sites for hydroxylation is 1. The van der Waals surface area contributed by atoms with Crippen molar-refractivity contribution in [1.82, 2.24) is 9.55 Å². The zero-order valence-corrected chi connectivity index (χ0v) is 9.98. The van der Waals surface area contributed by atoms with E-state index in [1.807, 2.05) is 0 Å². The number of imidazole rings is 1. The van der Waals surface area contributed by atoms with Crippen LogP contribution in [0.3, 0.4) is 0 Å². The molecule has 1 heterocycles. The predicted octanol–water partition coefficient (Wildman–Crippen LogP) is 1.75. The molecule has 1 aromatic rings. The van der Waals surface area contributed by atoms with Gasteiger partial charge in [-0.3, -0.25) is 0 Å². The quantitative estimate of drug-likeness (QED) is 0.637. The molecule has 2 rings (SSSR count). The molecule has 5 heteroatoms. The van der Waals surface area contributed by atoms with Gasteiger partial charge in [0.15, 0.2) is 5.69 Å². The van der Waals surface area contributed by atoms with Gasteiger partial charge in [-0.2, -0.15) is 0 Å². The minimum atomic E-state index is -0.485. The number of carbonyl (C=O) groups is 1. The predicted molar refractivity (Wildman–Crippen MR) is 64.5 cm³/mol. The Bertz CT molecular complexity index is 449. The Balaban J connectivity index is 2.01. The first-order valence-electron chi connectivity index (χ1n) is 5.79. The molecule has 92 valence electrons. The Hall–Kier alpha value is -1.78. The number of nitrogens with two attached hydrogens (primary N) is 1. The molecular formula is C12H17N3O2. The molecule has 0 saturated heterocycles. The van der Waals surface area contributed by atoms with E-state index >= 15 is 0 Å². The maximum absolute atomic E-state index is 11.3. The van der Waals surface area contributed by atoms with Gasteiger partial charge in [0.2, 0.25) is 0 Å². The number of allylic oxidation sites excluding steroid dienone is 2. The van der Waals surface area contributed by atoms with E-state index in [1.54, 1.807) is 10.9 Å². The third-order valence-electron chi connectivity index (χ3n) is 3.07. The number of methoxy groups -OCH3 is 1. The zero-order chi connectivity index (χ0) is 12.3. The molecule has 0 unspecified atom stereocenters. The molecule has 0 aliphatic heterocycles. The standard InChI is InChI=1S/C12H17N3O2/c1-17-12(16)10-11(13)15(8-14-10)7-6-9-4-2-3-5-9/h4,8H,2-3,5-7,13H2,1H3. The Labute approximate surface area is 100 Å². The molecule has 0 amide bonds. The number of esters is 1. The molecule has 0 aromatic carbocycles. The molecule has 2 N–H and O–H groups in total. The highest BCUT2D eigenvalue weighted by Gasteiger charge is 2.16. The number of aromatic nitrogens is 2. The summed E-state index contributed by atoms with van der Waals surface area (Å²) in [5.41, 5.74) is 7.52. The topological polar surface area (TPSA) is 70.1 Å². The van der Waals surface area contributed by atoms with Crippen LogP contribution in [-0.4, -0.2) is 22.6 Å². The van der Waals surface area contributed by atoms with Crippen molar-refractivity contribution in [3.8, 4) is 0 Å². The van der Waals surface area contributed by atoms with E-state index in [2.05, 4.69) is 15.8 Å². The minimum absolute atomic E-state index is 0.202. The molecule has 0 saturated carbocycles. The number of nitrogens with zero attached hydrogens (tertiary/aromatic N) is 2. The smallest absolute Gasteiger partial charge is 0.360 e. The lowest BCUT2D eigenvalue weighted by molar-refractivity contribution is 0.0596. The van der Waals surface area contributed by atoms with Gasteiger partial charge in [0.05, 0.1) is 13.4 Å². The lowest BCUT2D eigenvalue weighted by Gasteiger charge is -2.06. The first kappa shape index (κ1) is 11.7. The van der Waals surface area contributed by atoms with Crippen LogP contribution >= 0.6 is 0 Å². The van der Waals surface area contributed by atoms with E-state index in [4.69, 9.17) is 5.73 Å². The van der Waals surface area contributed by atoms with Crippen molar-refractivity contribution in [2.75, 3.05) is 12.8 Å². The molecule has 0 spiro atoms. The zero-order valence-electron chi connectivity index (χ0n) is 9.98. The second kappa shape index (κ2) is 5.03. The highest BCUT2D eigenvalue weighted by Crippen LogP contribution is 2.22. The minimum Gasteiger partial charge on any atom is -0.464 e. The summed E-state index contributed by atoms with van der Waals surface area (Å²) in [7, 11) is 1.32. The van der Waals surface area contributed by atoms with E-state index in [9.17, 15) is 4.79 Å². The second-order valence-corrected chi connectivity index (χ2v) is 4.17. The Kier molecular flexibility index (Phi) is 3.46. The average Bonchev–Trinajstić information content (AvgIpc) is 2.95. The van der Waals surface area contributed by atoms with Crippen molar-refractivity contribution in [1.29, 1.82) is 0 Å². The molecule has 1 aliphatic rings. The van der Waals surface area contributed by atoms with E-state index in [0.717, 1.165) is 13.0 Å². The van der Waals surface area contributed by atoms with Crippen LogP contribution in [0.25, 0.3) is 0 Å². The van der Waals surface area contributed by atoms with Crippen molar-refractivity contribution in [2.24, 2.45) is 0 Å². The van der Waals surface area contributed by atoms with Gasteiger partial charge >= 0.3 is 5.97 Å². The second-order valence-electron chi connectivity index (χ2n) is 4.17. The maximum Gasteiger partial charge on any atom is 0.360 e. The number of carbonyl (C=O) groups excluding carboxylic acids is 1. The molecule has 1 aromatic heterocycles. The molecule has 0 fully saturated rings. The molecule has 0 radical (unpaired) electrons. The fourth-order valence-electron chi connectivity index (χ4n) is 2.05. The average molecular weight is 235 g/mol. The van der Waals surface area contributed by atoms with E-state index in [-0.39, 0.29) is 5.69 Å². The van der Waals surface area contributed by atoms with Crippen molar-refractivity contribution in [3.63, 3.8) is 0 Å². The highest BCUT2D eigenvalue weighted by molar-refractivity contribution is 5.91. The van der Waals surface area contributed by atoms with Gasteiger partial charge in [-0.1, -0.05) is 11.6 Å². The van der Waals surface area contributed by atoms with Crippen molar-refractivity contribution >= 4 is 11.8 Å². The Morgan fingerprint density at radius 2 is 2.47 bits per heavy atom. The Morgan fingerprint density at radius 1 is 1.65 bits per heavy atom. The van der Waals surface area contributed by atoms with Crippen LogP contribution in [0.15, 0.2) is 18.0 Å². The molecule has 1 aliphatic carbocycles. The van der Waals surface area contributed by atoms with Crippen LogP contribution in [0.1, 0.15) is 36.2 Å². The summed E-state index contributed by atoms with van der Waals surface area (Å²) in [5.74, 6) is -0.100. The van der Waals surface area contributed by atoms with Crippen LogP contribution in [0.4, 0.5) is 5.82 Å². The van der Waals surface area contributed by atoms with Crippen molar-refractivity contribution in [3.05, 3.63) is 23.7 Å². The lowest BCUT2D eigenvalue weighted by atomic mass is 10.2. The maximum atomic E-state index is 11.3. The Morgan fingerprint density at radius 3 is 3.12 bits per heavy atom. The molecule has 5 nitrogen and oxygen atoms in total. The first-order chi connectivity index (χ1) is 8.22. The summed E-state index contributed by atoms with van der Waals surface area (Å²) in [6, 6.07) is 0. The largest absolute Gasteiger partial charge is 0.464 e. The fourth-order valence-corrected chi connectivity index (χ4v) is 2.05. The van der Waals surface area contributed by atoms with Crippen LogP contribution in [0.2, 0.25) is 0 Å². The van der Waals surface area contributed by atoms with Gasteiger partial charge in [-0.25, -0.2) is 9.78 Å². The van der Waals surface area contributed by atoms with Crippen molar-refractivity contribution < 1.29 is 9.53 Å². The lowest BCUT2D eigenvalue weighted by Crippen LogP contribution is -2.08. The van der Waals surface area contributed by atoms with Gasteiger partial charge < -0.3 is 15.0 Å². The number of hydrogen-bond donors (Lipinski definition) is 1. The van der Waals surface area contributed by atoms with Crippen molar-refractivity contribution in [2.45, 2.75) is 32.2 Å². The molecule has 17 heavy (non-hydrogen) atoms. The summed E-state index contributed by atoms with van der Waals surface area (Å²) in [6.07, 6.45) is 8.47. The van der Waals surface area contributed by atoms with Gasteiger partial charge in [0.1, 0.15) is 5.82 Å². The van der Waals surface area contributed by atoms with E-state index in [0.29, 0.717) is 5.82 Å². The number of anilines is 1.